The van der Waals surface area contributed by atoms with Crippen molar-refractivity contribution in [2.45, 2.75) is 46.5 Å². The summed E-state index contributed by atoms with van der Waals surface area (Å²) >= 11 is 0. The molecule has 1 amide bonds. The van der Waals surface area contributed by atoms with Crippen molar-refractivity contribution in [3.63, 3.8) is 0 Å². The summed E-state index contributed by atoms with van der Waals surface area (Å²) in [5.41, 5.74) is 0. The van der Waals surface area contributed by atoms with Crippen LogP contribution in [0.1, 0.15) is 46.5 Å². The van der Waals surface area contributed by atoms with E-state index in [1.807, 2.05) is 4.90 Å². The summed E-state index contributed by atoms with van der Waals surface area (Å²) in [6.07, 6.45) is 4.51. The lowest BCUT2D eigenvalue weighted by molar-refractivity contribution is 0.0747. The maximum absolute atomic E-state index is 11.8. The first-order valence-electron chi connectivity index (χ1n) is 6.55. The average molecular weight is 227 g/mol. The zero-order valence-electron chi connectivity index (χ0n) is 10.9. The SMILES string of the molecule is CCCC(C)COC(=O)N1CCCC(C)C1. The van der Waals surface area contributed by atoms with Gasteiger partial charge in [-0.3, -0.25) is 0 Å². The van der Waals surface area contributed by atoms with E-state index in [4.69, 9.17) is 4.74 Å². The molecule has 0 saturated carbocycles. The van der Waals surface area contributed by atoms with Crippen molar-refractivity contribution in [2.75, 3.05) is 19.7 Å². The number of piperidine rings is 1. The highest BCUT2D eigenvalue weighted by atomic mass is 16.6. The Morgan fingerprint density at radius 1 is 1.56 bits per heavy atom. The van der Waals surface area contributed by atoms with E-state index in [1.165, 1.54) is 6.42 Å². The average Bonchev–Trinajstić information content (AvgIpc) is 2.26. The maximum atomic E-state index is 11.8. The van der Waals surface area contributed by atoms with Crippen molar-refractivity contribution in [2.24, 2.45) is 11.8 Å². The first-order valence-corrected chi connectivity index (χ1v) is 6.55. The van der Waals surface area contributed by atoms with Crippen LogP contribution in [0.5, 0.6) is 0 Å². The van der Waals surface area contributed by atoms with Crippen molar-refractivity contribution in [3.8, 4) is 0 Å². The maximum Gasteiger partial charge on any atom is 0.409 e. The van der Waals surface area contributed by atoms with Crippen LogP contribution >= 0.6 is 0 Å². The predicted octanol–water partition coefficient (Wildman–Crippen LogP) is 3.29. The van der Waals surface area contributed by atoms with Gasteiger partial charge in [-0.1, -0.05) is 27.2 Å². The molecule has 1 rings (SSSR count). The van der Waals surface area contributed by atoms with Gasteiger partial charge in [-0.25, -0.2) is 4.79 Å². The Kier molecular flexibility index (Phi) is 5.64. The molecule has 1 saturated heterocycles. The van der Waals surface area contributed by atoms with E-state index >= 15 is 0 Å². The molecule has 0 aromatic carbocycles. The van der Waals surface area contributed by atoms with Crippen LogP contribution in [-0.2, 0) is 4.74 Å². The summed E-state index contributed by atoms with van der Waals surface area (Å²) in [6.45, 7) is 8.78. The Labute approximate surface area is 99.1 Å². The molecule has 0 spiro atoms. The Balaban J connectivity index is 2.23. The van der Waals surface area contributed by atoms with Gasteiger partial charge in [0.1, 0.15) is 0 Å². The smallest absolute Gasteiger partial charge is 0.409 e. The topological polar surface area (TPSA) is 29.5 Å². The van der Waals surface area contributed by atoms with Gasteiger partial charge >= 0.3 is 6.09 Å². The number of likely N-dealkylation sites (tertiary alicyclic amines) is 1. The van der Waals surface area contributed by atoms with E-state index in [9.17, 15) is 4.79 Å². The molecule has 0 aromatic rings. The van der Waals surface area contributed by atoms with E-state index in [0.717, 1.165) is 32.4 Å². The van der Waals surface area contributed by atoms with Gasteiger partial charge in [0.2, 0.25) is 0 Å². The molecule has 1 fully saturated rings. The van der Waals surface area contributed by atoms with Crippen LogP contribution in [0, 0.1) is 11.8 Å². The lowest BCUT2D eigenvalue weighted by atomic mass is 10.0. The highest BCUT2D eigenvalue weighted by Crippen LogP contribution is 2.16. The predicted molar refractivity (Wildman–Crippen MR) is 65.4 cm³/mol. The summed E-state index contributed by atoms with van der Waals surface area (Å²) in [6, 6.07) is 0. The number of carbonyl (C=O) groups excluding carboxylic acids is 1. The van der Waals surface area contributed by atoms with Gasteiger partial charge in [0.05, 0.1) is 6.61 Å². The zero-order valence-corrected chi connectivity index (χ0v) is 10.9. The largest absolute Gasteiger partial charge is 0.449 e. The molecule has 94 valence electrons. The third-order valence-corrected chi connectivity index (χ3v) is 3.19. The third kappa shape index (κ3) is 4.42. The fourth-order valence-corrected chi connectivity index (χ4v) is 2.24. The zero-order chi connectivity index (χ0) is 12.0. The fourth-order valence-electron chi connectivity index (χ4n) is 2.24. The summed E-state index contributed by atoms with van der Waals surface area (Å²) in [5, 5.41) is 0. The van der Waals surface area contributed by atoms with Gasteiger partial charge in [-0.05, 0) is 31.1 Å². The summed E-state index contributed by atoms with van der Waals surface area (Å²) in [4.78, 5) is 13.6. The Morgan fingerprint density at radius 3 is 2.94 bits per heavy atom. The number of hydrogen-bond donors (Lipinski definition) is 0. The van der Waals surface area contributed by atoms with E-state index in [0.29, 0.717) is 18.4 Å². The summed E-state index contributed by atoms with van der Waals surface area (Å²) in [5.74, 6) is 1.10. The highest BCUT2D eigenvalue weighted by Gasteiger charge is 2.22. The third-order valence-electron chi connectivity index (χ3n) is 3.19. The quantitative estimate of drug-likeness (QED) is 0.737. The molecule has 2 atom stereocenters. The molecular formula is C13H25NO2. The molecule has 16 heavy (non-hydrogen) atoms. The molecule has 0 bridgehead atoms. The molecule has 1 heterocycles. The van der Waals surface area contributed by atoms with Crippen LogP contribution in [0.15, 0.2) is 0 Å². The number of ether oxygens (including phenoxy) is 1. The first-order chi connectivity index (χ1) is 7.63. The summed E-state index contributed by atoms with van der Waals surface area (Å²) < 4.78 is 5.33. The number of rotatable bonds is 4. The summed E-state index contributed by atoms with van der Waals surface area (Å²) in [7, 11) is 0. The Hall–Kier alpha value is -0.730. The van der Waals surface area contributed by atoms with Gasteiger partial charge in [0, 0.05) is 13.1 Å². The van der Waals surface area contributed by atoms with Crippen molar-refractivity contribution in [3.05, 3.63) is 0 Å². The Morgan fingerprint density at radius 2 is 2.31 bits per heavy atom. The van der Waals surface area contributed by atoms with Gasteiger partial charge < -0.3 is 9.64 Å². The molecular weight excluding hydrogens is 202 g/mol. The van der Waals surface area contributed by atoms with Gasteiger partial charge in [0.15, 0.2) is 0 Å². The van der Waals surface area contributed by atoms with Crippen LogP contribution < -0.4 is 0 Å². The van der Waals surface area contributed by atoms with Crippen LogP contribution in [0.4, 0.5) is 4.79 Å². The van der Waals surface area contributed by atoms with Gasteiger partial charge in [-0.2, -0.15) is 0 Å². The number of nitrogens with zero attached hydrogens (tertiary/aromatic N) is 1. The van der Waals surface area contributed by atoms with Crippen LogP contribution in [0.2, 0.25) is 0 Å². The Bertz CT molecular complexity index is 218. The molecule has 3 heteroatoms. The molecule has 1 aliphatic heterocycles. The van der Waals surface area contributed by atoms with E-state index < -0.39 is 0 Å². The van der Waals surface area contributed by atoms with E-state index in [-0.39, 0.29) is 6.09 Å². The van der Waals surface area contributed by atoms with Gasteiger partial charge in [-0.15, -0.1) is 0 Å². The van der Waals surface area contributed by atoms with E-state index in [1.54, 1.807) is 0 Å². The number of hydrogen-bond acceptors (Lipinski definition) is 2. The first kappa shape index (κ1) is 13.3. The second kappa shape index (κ2) is 6.77. The van der Waals surface area contributed by atoms with Crippen molar-refractivity contribution in [1.82, 2.24) is 4.90 Å². The minimum Gasteiger partial charge on any atom is -0.449 e. The lowest BCUT2D eigenvalue weighted by Crippen LogP contribution is -2.39. The molecule has 3 nitrogen and oxygen atoms in total. The fraction of sp³-hybridized carbons (Fsp3) is 0.923. The van der Waals surface area contributed by atoms with Gasteiger partial charge in [0.25, 0.3) is 0 Å². The van der Waals surface area contributed by atoms with Crippen LogP contribution in [0.25, 0.3) is 0 Å². The standard InChI is InChI=1S/C13H25NO2/c1-4-6-12(3)10-16-13(15)14-8-5-7-11(2)9-14/h11-12H,4-10H2,1-3H3. The molecule has 1 aliphatic rings. The second-order valence-corrected chi connectivity index (χ2v) is 5.16. The number of carbonyl (C=O) groups is 1. The molecule has 0 N–H and O–H groups in total. The van der Waals surface area contributed by atoms with Crippen molar-refractivity contribution < 1.29 is 9.53 Å². The lowest BCUT2D eigenvalue weighted by Gasteiger charge is -2.30. The van der Waals surface area contributed by atoms with E-state index in [2.05, 4.69) is 20.8 Å². The van der Waals surface area contributed by atoms with Crippen LogP contribution in [0.3, 0.4) is 0 Å². The normalized spacial score (nSPS) is 22.9. The minimum absolute atomic E-state index is 0.116. The van der Waals surface area contributed by atoms with Crippen LogP contribution in [-0.4, -0.2) is 30.7 Å². The molecule has 0 radical (unpaired) electrons. The monoisotopic (exact) mass is 227 g/mol. The van der Waals surface area contributed by atoms with Crippen molar-refractivity contribution in [1.29, 1.82) is 0 Å². The molecule has 0 aliphatic carbocycles. The highest BCUT2D eigenvalue weighted by molar-refractivity contribution is 5.67. The minimum atomic E-state index is -0.116. The van der Waals surface area contributed by atoms with Crippen molar-refractivity contribution >= 4 is 6.09 Å². The molecule has 0 aromatic heterocycles. The second-order valence-electron chi connectivity index (χ2n) is 5.16. The molecule has 2 unspecified atom stereocenters. The number of amides is 1.